The van der Waals surface area contributed by atoms with Gasteiger partial charge in [-0.25, -0.2) is 4.98 Å². The molecular formula is C20H27N5O2. The predicted molar refractivity (Wildman–Crippen MR) is 105 cm³/mol. The van der Waals surface area contributed by atoms with Crippen LogP contribution in [-0.2, 0) is 11.8 Å². The summed E-state index contributed by atoms with van der Waals surface area (Å²) in [5.74, 6) is 0.709. The number of nitrogens with zero attached hydrogens (tertiary/aromatic N) is 5. The summed E-state index contributed by atoms with van der Waals surface area (Å²) >= 11 is 0. The van der Waals surface area contributed by atoms with Gasteiger partial charge in [-0.05, 0) is 38.1 Å². The van der Waals surface area contributed by atoms with Crippen LogP contribution in [0.5, 0.6) is 0 Å². The second kappa shape index (κ2) is 8.19. The highest BCUT2D eigenvalue weighted by atomic mass is 16.5. The van der Waals surface area contributed by atoms with Crippen molar-refractivity contribution < 1.29 is 4.74 Å². The Balaban J connectivity index is 1.54. The van der Waals surface area contributed by atoms with Crippen LogP contribution in [-0.4, -0.2) is 64.9 Å². The van der Waals surface area contributed by atoms with Crippen LogP contribution in [0.2, 0.25) is 0 Å². The lowest BCUT2D eigenvalue weighted by Crippen LogP contribution is -2.49. The summed E-state index contributed by atoms with van der Waals surface area (Å²) < 4.78 is 7.64. The van der Waals surface area contributed by atoms with E-state index in [9.17, 15) is 4.79 Å². The van der Waals surface area contributed by atoms with Crippen LogP contribution in [0.4, 0.5) is 5.95 Å². The van der Waals surface area contributed by atoms with Crippen LogP contribution >= 0.6 is 0 Å². The second-order valence-corrected chi connectivity index (χ2v) is 7.37. The van der Waals surface area contributed by atoms with E-state index in [-0.39, 0.29) is 11.7 Å². The van der Waals surface area contributed by atoms with E-state index in [2.05, 4.69) is 14.8 Å². The molecule has 0 amide bonds. The van der Waals surface area contributed by atoms with Crippen molar-refractivity contribution in [2.75, 3.05) is 44.2 Å². The number of hydrogen-bond donors (Lipinski definition) is 0. The number of morpholine rings is 1. The first-order valence-corrected chi connectivity index (χ1v) is 9.78. The maximum absolute atomic E-state index is 12.5. The minimum Gasteiger partial charge on any atom is -0.373 e. The zero-order valence-electron chi connectivity index (χ0n) is 15.9. The van der Waals surface area contributed by atoms with Crippen LogP contribution in [0.3, 0.4) is 0 Å². The Bertz CT molecular complexity index is 817. The number of likely N-dealkylation sites (tertiary alicyclic amines) is 1. The van der Waals surface area contributed by atoms with E-state index in [4.69, 9.17) is 9.72 Å². The molecule has 2 aliphatic rings. The molecule has 27 heavy (non-hydrogen) atoms. The van der Waals surface area contributed by atoms with Gasteiger partial charge in [0, 0.05) is 50.7 Å². The zero-order valence-corrected chi connectivity index (χ0v) is 15.9. The maximum Gasteiger partial charge on any atom is 0.255 e. The fourth-order valence-electron chi connectivity index (χ4n) is 3.92. The van der Waals surface area contributed by atoms with Crippen molar-refractivity contribution in [3.8, 4) is 11.3 Å². The van der Waals surface area contributed by atoms with E-state index < -0.39 is 0 Å². The number of aromatic nitrogens is 3. The van der Waals surface area contributed by atoms with Gasteiger partial charge in [0.2, 0.25) is 5.95 Å². The Morgan fingerprint density at radius 1 is 1.15 bits per heavy atom. The quantitative estimate of drug-likeness (QED) is 0.815. The molecule has 0 spiro atoms. The number of piperidine rings is 1. The first-order chi connectivity index (χ1) is 13.2. The highest BCUT2D eigenvalue weighted by Gasteiger charge is 2.26. The largest absolute Gasteiger partial charge is 0.373 e. The van der Waals surface area contributed by atoms with Gasteiger partial charge >= 0.3 is 0 Å². The molecule has 1 atom stereocenters. The van der Waals surface area contributed by atoms with Gasteiger partial charge in [-0.3, -0.25) is 14.3 Å². The van der Waals surface area contributed by atoms with Crippen molar-refractivity contribution in [3.63, 3.8) is 0 Å². The number of anilines is 1. The van der Waals surface area contributed by atoms with Gasteiger partial charge < -0.3 is 14.5 Å². The number of ether oxygens (including phenoxy) is 1. The van der Waals surface area contributed by atoms with E-state index in [1.165, 1.54) is 19.3 Å². The van der Waals surface area contributed by atoms with Crippen LogP contribution in [0.25, 0.3) is 11.3 Å². The van der Waals surface area contributed by atoms with Crippen LogP contribution in [0, 0.1) is 0 Å². The van der Waals surface area contributed by atoms with Crippen molar-refractivity contribution in [1.29, 1.82) is 0 Å². The predicted octanol–water partition coefficient (Wildman–Crippen LogP) is 1.53. The average molecular weight is 369 g/mol. The minimum absolute atomic E-state index is 0.0501. The summed E-state index contributed by atoms with van der Waals surface area (Å²) in [4.78, 5) is 26.0. The third-order valence-corrected chi connectivity index (χ3v) is 5.42. The maximum atomic E-state index is 12.5. The minimum atomic E-state index is -0.0501. The van der Waals surface area contributed by atoms with Crippen molar-refractivity contribution in [3.05, 3.63) is 40.9 Å². The molecule has 7 nitrogen and oxygen atoms in total. The lowest BCUT2D eigenvalue weighted by Gasteiger charge is -2.37. The van der Waals surface area contributed by atoms with Gasteiger partial charge in [-0.15, -0.1) is 0 Å². The molecule has 2 aliphatic heterocycles. The van der Waals surface area contributed by atoms with Gasteiger partial charge in [0.05, 0.1) is 18.4 Å². The van der Waals surface area contributed by atoms with Crippen molar-refractivity contribution in [2.24, 2.45) is 7.05 Å². The number of pyridine rings is 1. The summed E-state index contributed by atoms with van der Waals surface area (Å²) in [5.41, 5.74) is 1.54. The van der Waals surface area contributed by atoms with E-state index in [1.807, 2.05) is 12.1 Å². The molecule has 0 radical (unpaired) electrons. The molecule has 0 aromatic carbocycles. The number of rotatable bonds is 4. The molecule has 0 saturated carbocycles. The van der Waals surface area contributed by atoms with Gasteiger partial charge in [0.1, 0.15) is 0 Å². The molecule has 0 bridgehead atoms. The lowest BCUT2D eigenvalue weighted by atomic mass is 10.1. The highest BCUT2D eigenvalue weighted by Crippen LogP contribution is 2.20. The normalized spacial score (nSPS) is 21.4. The van der Waals surface area contributed by atoms with E-state index in [0.717, 1.165) is 38.3 Å². The van der Waals surface area contributed by atoms with Crippen LogP contribution in [0.1, 0.15) is 19.3 Å². The lowest BCUT2D eigenvalue weighted by molar-refractivity contribution is 0.0115. The summed E-state index contributed by atoms with van der Waals surface area (Å²) in [6, 6.07) is 5.35. The van der Waals surface area contributed by atoms with E-state index >= 15 is 0 Å². The van der Waals surface area contributed by atoms with Crippen molar-refractivity contribution in [2.45, 2.75) is 25.4 Å². The second-order valence-electron chi connectivity index (χ2n) is 7.37. The Labute approximate surface area is 159 Å². The van der Waals surface area contributed by atoms with E-state index in [0.29, 0.717) is 18.2 Å². The topological polar surface area (TPSA) is 63.5 Å². The molecule has 7 heteroatoms. The van der Waals surface area contributed by atoms with E-state index in [1.54, 1.807) is 30.1 Å². The average Bonchev–Trinajstić information content (AvgIpc) is 2.71. The summed E-state index contributed by atoms with van der Waals surface area (Å²) in [5, 5.41) is 0. The SMILES string of the molecule is Cn1c(N2CCOC(CN3CCCCC3)C2)nc(-c2ccncc2)cc1=O. The fourth-order valence-corrected chi connectivity index (χ4v) is 3.92. The first kappa shape index (κ1) is 18.1. The molecule has 0 N–H and O–H groups in total. The summed E-state index contributed by atoms with van der Waals surface area (Å²) in [7, 11) is 1.79. The molecule has 0 aliphatic carbocycles. The molecule has 2 fully saturated rings. The molecule has 4 heterocycles. The summed E-state index contributed by atoms with van der Waals surface area (Å²) in [6.45, 7) is 5.44. The third-order valence-electron chi connectivity index (χ3n) is 5.42. The molecule has 2 aromatic heterocycles. The van der Waals surface area contributed by atoms with Crippen LogP contribution < -0.4 is 10.5 Å². The van der Waals surface area contributed by atoms with Crippen LogP contribution in [0.15, 0.2) is 35.4 Å². The molecular weight excluding hydrogens is 342 g/mol. The standard InChI is InChI=1S/C20H27N5O2/c1-23-19(26)13-18(16-5-7-21-8-6-16)22-20(23)25-11-12-27-17(15-25)14-24-9-3-2-4-10-24/h5-8,13,17H,2-4,9-12,14-15H2,1H3. The van der Waals surface area contributed by atoms with Gasteiger partial charge in [-0.1, -0.05) is 6.42 Å². The molecule has 144 valence electrons. The fraction of sp³-hybridized carbons (Fsp3) is 0.550. The smallest absolute Gasteiger partial charge is 0.255 e. The monoisotopic (exact) mass is 369 g/mol. The Morgan fingerprint density at radius 3 is 2.70 bits per heavy atom. The van der Waals surface area contributed by atoms with Crippen molar-refractivity contribution >= 4 is 5.95 Å². The summed E-state index contributed by atoms with van der Waals surface area (Å²) in [6.07, 6.45) is 7.48. The highest BCUT2D eigenvalue weighted by molar-refractivity contribution is 5.59. The third kappa shape index (κ3) is 4.20. The number of hydrogen-bond acceptors (Lipinski definition) is 6. The molecule has 4 rings (SSSR count). The molecule has 2 aromatic rings. The van der Waals surface area contributed by atoms with Gasteiger partial charge in [0.25, 0.3) is 5.56 Å². The molecule has 1 unspecified atom stereocenters. The Hall–Kier alpha value is -2.25. The van der Waals surface area contributed by atoms with Gasteiger partial charge in [0.15, 0.2) is 0 Å². The van der Waals surface area contributed by atoms with Gasteiger partial charge in [-0.2, -0.15) is 0 Å². The van der Waals surface area contributed by atoms with Crippen molar-refractivity contribution in [1.82, 2.24) is 19.4 Å². The zero-order chi connectivity index (χ0) is 18.6. The molecule has 2 saturated heterocycles. The first-order valence-electron chi connectivity index (χ1n) is 9.78. The Morgan fingerprint density at radius 2 is 1.93 bits per heavy atom. The Kier molecular flexibility index (Phi) is 5.50.